The zero-order valence-corrected chi connectivity index (χ0v) is 15.0. The van der Waals surface area contributed by atoms with Gasteiger partial charge in [-0.25, -0.2) is 9.97 Å². The van der Waals surface area contributed by atoms with E-state index < -0.39 is 11.7 Å². The van der Waals surface area contributed by atoms with E-state index in [0.717, 1.165) is 16.0 Å². The lowest BCUT2D eigenvalue weighted by Gasteiger charge is -2.34. The minimum Gasteiger partial charge on any atom is -0.355 e. The normalized spacial score (nSPS) is 18.0. The summed E-state index contributed by atoms with van der Waals surface area (Å²) in [7, 11) is 0. The summed E-state index contributed by atoms with van der Waals surface area (Å²) in [5.74, 6) is -0.610. The van der Waals surface area contributed by atoms with Gasteiger partial charge in [-0.1, -0.05) is 0 Å². The Kier molecular flexibility index (Phi) is 5.45. The van der Waals surface area contributed by atoms with Crippen LogP contribution in [0.25, 0.3) is 0 Å². The Morgan fingerprint density at radius 2 is 2.23 bits per heavy atom. The molecule has 1 aliphatic heterocycles. The predicted octanol–water partition coefficient (Wildman–Crippen LogP) is 3.40. The number of halogens is 3. The SMILES string of the molecule is Cc1ncc(CNC(=O)C2CCCN(c3ncccc3C(F)(F)F)C2)s1. The van der Waals surface area contributed by atoms with Crippen molar-refractivity contribution < 1.29 is 18.0 Å². The van der Waals surface area contributed by atoms with Crippen molar-refractivity contribution in [3.63, 3.8) is 0 Å². The molecular formula is C17H19F3N4OS. The molecule has 26 heavy (non-hydrogen) atoms. The minimum atomic E-state index is -4.47. The number of amides is 1. The Balaban J connectivity index is 1.67. The fraction of sp³-hybridized carbons (Fsp3) is 0.471. The van der Waals surface area contributed by atoms with Crippen LogP contribution in [0.2, 0.25) is 0 Å². The summed E-state index contributed by atoms with van der Waals surface area (Å²) in [5.41, 5.74) is -0.763. The van der Waals surface area contributed by atoms with Gasteiger partial charge >= 0.3 is 6.18 Å². The maximum absolute atomic E-state index is 13.2. The number of piperidine rings is 1. The minimum absolute atomic E-state index is 0.101. The van der Waals surface area contributed by atoms with Crippen LogP contribution < -0.4 is 10.2 Å². The van der Waals surface area contributed by atoms with Crippen molar-refractivity contribution in [1.29, 1.82) is 0 Å². The molecule has 0 radical (unpaired) electrons. The Bertz CT molecular complexity index is 777. The van der Waals surface area contributed by atoms with E-state index in [-0.39, 0.29) is 24.2 Å². The van der Waals surface area contributed by atoms with E-state index in [9.17, 15) is 18.0 Å². The van der Waals surface area contributed by atoms with Crippen LogP contribution in [0.5, 0.6) is 0 Å². The van der Waals surface area contributed by atoms with Gasteiger partial charge in [-0.05, 0) is 31.9 Å². The molecule has 2 aromatic rings. The highest BCUT2D eigenvalue weighted by Crippen LogP contribution is 2.36. The first kappa shape index (κ1) is 18.6. The lowest BCUT2D eigenvalue weighted by atomic mass is 9.96. The number of hydrogen-bond acceptors (Lipinski definition) is 5. The Morgan fingerprint density at radius 1 is 1.42 bits per heavy atom. The van der Waals surface area contributed by atoms with Gasteiger partial charge in [-0.3, -0.25) is 4.79 Å². The molecule has 3 heterocycles. The molecule has 0 spiro atoms. The second-order valence-corrected chi connectivity index (χ2v) is 7.54. The molecule has 0 bridgehead atoms. The number of pyridine rings is 1. The van der Waals surface area contributed by atoms with Crippen molar-refractivity contribution in [3.05, 3.63) is 40.0 Å². The number of hydrogen-bond donors (Lipinski definition) is 1. The van der Waals surface area contributed by atoms with Crippen LogP contribution in [0.1, 0.15) is 28.3 Å². The summed E-state index contributed by atoms with van der Waals surface area (Å²) in [6.07, 6.45) is -0.107. The average Bonchev–Trinajstić information content (AvgIpc) is 3.04. The molecule has 1 N–H and O–H groups in total. The zero-order chi connectivity index (χ0) is 18.7. The van der Waals surface area contributed by atoms with Crippen molar-refractivity contribution in [2.24, 2.45) is 5.92 Å². The number of nitrogens with zero attached hydrogens (tertiary/aromatic N) is 3. The second kappa shape index (κ2) is 7.61. The summed E-state index contributed by atoms with van der Waals surface area (Å²) >= 11 is 1.51. The van der Waals surface area contributed by atoms with Gasteiger partial charge in [0.2, 0.25) is 5.91 Å². The highest BCUT2D eigenvalue weighted by atomic mass is 32.1. The van der Waals surface area contributed by atoms with Crippen LogP contribution in [0.15, 0.2) is 24.5 Å². The number of carbonyl (C=O) groups excluding carboxylic acids is 1. The van der Waals surface area contributed by atoms with Gasteiger partial charge < -0.3 is 10.2 Å². The number of thiazole rings is 1. The average molecular weight is 384 g/mol. The van der Waals surface area contributed by atoms with Crippen LogP contribution in [-0.2, 0) is 17.5 Å². The molecule has 1 saturated heterocycles. The monoisotopic (exact) mass is 384 g/mol. The number of carbonyl (C=O) groups is 1. The quantitative estimate of drug-likeness (QED) is 0.878. The van der Waals surface area contributed by atoms with E-state index in [1.54, 1.807) is 11.1 Å². The van der Waals surface area contributed by atoms with Gasteiger partial charge in [-0.2, -0.15) is 13.2 Å². The Morgan fingerprint density at radius 3 is 2.92 bits per heavy atom. The molecule has 1 amide bonds. The van der Waals surface area contributed by atoms with E-state index in [2.05, 4.69) is 15.3 Å². The molecular weight excluding hydrogens is 365 g/mol. The topological polar surface area (TPSA) is 58.1 Å². The molecule has 140 valence electrons. The van der Waals surface area contributed by atoms with Gasteiger partial charge in [0.1, 0.15) is 5.82 Å². The number of aromatic nitrogens is 2. The summed E-state index contributed by atoms with van der Waals surface area (Å²) < 4.78 is 39.7. The molecule has 0 saturated carbocycles. The maximum atomic E-state index is 13.2. The number of aryl methyl sites for hydroxylation is 1. The maximum Gasteiger partial charge on any atom is 0.419 e. The second-order valence-electron chi connectivity index (χ2n) is 6.22. The largest absolute Gasteiger partial charge is 0.419 e. The first-order valence-corrected chi connectivity index (χ1v) is 9.12. The third kappa shape index (κ3) is 4.32. The third-order valence-corrected chi connectivity index (χ3v) is 5.20. The highest BCUT2D eigenvalue weighted by Gasteiger charge is 2.37. The fourth-order valence-corrected chi connectivity index (χ4v) is 3.79. The molecule has 2 aromatic heterocycles. The fourth-order valence-electron chi connectivity index (χ4n) is 3.06. The van der Waals surface area contributed by atoms with Crippen LogP contribution in [0.3, 0.4) is 0 Å². The Hall–Kier alpha value is -2.16. The Labute approximate surface area is 153 Å². The number of anilines is 1. The first-order valence-electron chi connectivity index (χ1n) is 8.31. The predicted molar refractivity (Wildman–Crippen MR) is 92.9 cm³/mol. The number of alkyl halides is 3. The summed E-state index contributed by atoms with van der Waals surface area (Å²) in [6.45, 7) is 2.96. The van der Waals surface area contributed by atoms with Crippen LogP contribution >= 0.6 is 11.3 Å². The highest BCUT2D eigenvalue weighted by molar-refractivity contribution is 7.11. The standard InChI is InChI=1S/C17H19F3N4OS/c1-11-22-8-13(26-11)9-23-16(25)12-4-3-7-24(10-12)15-14(17(18,19)20)5-2-6-21-15/h2,5-6,8,12H,3-4,7,9-10H2,1H3,(H,23,25). The number of rotatable bonds is 4. The van der Waals surface area contributed by atoms with Gasteiger partial charge in [0.05, 0.1) is 23.0 Å². The van der Waals surface area contributed by atoms with Crippen LogP contribution in [-0.4, -0.2) is 29.0 Å². The van der Waals surface area contributed by atoms with Gasteiger partial charge in [0, 0.05) is 30.4 Å². The zero-order valence-electron chi connectivity index (χ0n) is 14.2. The van der Waals surface area contributed by atoms with Gasteiger partial charge in [-0.15, -0.1) is 11.3 Å². The molecule has 1 atom stereocenters. The molecule has 9 heteroatoms. The van der Waals surface area contributed by atoms with Crippen molar-refractivity contribution in [2.45, 2.75) is 32.5 Å². The van der Waals surface area contributed by atoms with E-state index in [1.807, 2.05) is 6.92 Å². The van der Waals surface area contributed by atoms with E-state index in [4.69, 9.17) is 0 Å². The lowest BCUT2D eigenvalue weighted by molar-refractivity contribution is -0.137. The smallest absolute Gasteiger partial charge is 0.355 e. The van der Waals surface area contributed by atoms with Crippen molar-refractivity contribution in [2.75, 3.05) is 18.0 Å². The summed E-state index contributed by atoms with van der Waals surface area (Å²) in [6, 6.07) is 2.30. The van der Waals surface area contributed by atoms with Gasteiger partial charge in [0.25, 0.3) is 0 Å². The lowest BCUT2D eigenvalue weighted by Crippen LogP contribution is -2.43. The van der Waals surface area contributed by atoms with E-state index in [0.29, 0.717) is 25.9 Å². The van der Waals surface area contributed by atoms with Crippen molar-refractivity contribution >= 4 is 23.1 Å². The van der Waals surface area contributed by atoms with Crippen molar-refractivity contribution in [3.8, 4) is 0 Å². The molecule has 5 nitrogen and oxygen atoms in total. The molecule has 1 unspecified atom stereocenters. The molecule has 0 aliphatic carbocycles. The van der Waals surface area contributed by atoms with Crippen LogP contribution in [0, 0.1) is 12.8 Å². The number of nitrogens with one attached hydrogen (secondary N) is 1. The van der Waals surface area contributed by atoms with Gasteiger partial charge in [0.15, 0.2) is 0 Å². The molecule has 1 aliphatic rings. The molecule has 0 aromatic carbocycles. The van der Waals surface area contributed by atoms with Crippen molar-refractivity contribution in [1.82, 2.24) is 15.3 Å². The first-order chi connectivity index (χ1) is 12.3. The van der Waals surface area contributed by atoms with E-state index in [1.165, 1.54) is 23.6 Å². The molecule has 3 rings (SSSR count). The van der Waals surface area contributed by atoms with Crippen LogP contribution in [0.4, 0.5) is 19.0 Å². The third-order valence-electron chi connectivity index (χ3n) is 4.29. The van der Waals surface area contributed by atoms with E-state index >= 15 is 0 Å². The summed E-state index contributed by atoms with van der Waals surface area (Å²) in [5, 5.41) is 3.79. The molecule has 1 fully saturated rings. The summed E-state index contributed by atoms with van der Waals surface area (Å²) in [4.78, 5) is 23.0.